The zero-order valence-electron chi connectivity index (χ0n) is 13.9. The van der Waals surface area contributed by atoms with E-state index in [0.29, 0.717) is 12.2 Å². The first kappa shape index (κ1) is 17.5. The fourth-order valence-electron chi connectivity index (χ4n) is 2.29. The quantitative estimate of drug-likeness (QED) is 0.651. The first-order valence-electron chi connectivity index (χ1n) is 7.60. The van der Waals surface area contributed by atoms with Gasteiger partial charge in [-0.25, -0.2) is 10.2 Å². The fourth-order valence-corrected chi connectivity index (χ4v) is 2.29. The minimum Gasteiger partial charge on any atom is -0.507 e. The van der Waals surface area contributed by atoms with Gasteiger partial charge in [0, 0.05) is 12.0 Å². The Labute approximate surface area is 139 Å². The lowest BCUT2D eigenvalue weighted by Gasteiger charge is -2.10. The van der Waals surface area contributed by atoms with Crippen LogP contribution in [-0.2, 0) is 11.2 Å². The first-order valence-corrected chi connectivity index (χ1v) is 7.60. The van der Waals surface area contributed by atoms with Crippen molar-refractivity contribution < 1.29 is 14.3 Å². The van der Waals surface area contributed by atoms with E-state index in [9.17, 15) is 14.7 Å². The molecule has 0 aliphatic carbocycles. The molecule has 0 bridgehead atoms. The topological polar surface area (TPSA) is 91.9 Å². The molecule has 126 valence electrons. The highest BCUT2D eigenvalue weighted by Crippen LogP contribution is 2.15. The number of aryl methyl sites for hydroxylation is 1. The molecule has 1 atom stereocenters. The van der Waals surface area contributed by atoms with Gasteiger partial charge in [-0.3, -0.25) is 4.79 Å². The number of nitrogens with one attached hydrogen (secondary N) is 1. The van der Waals surface area contributed by atoms with Crippen molar-refractivity contribution in [2.75, 3.05) is 0 Å². The van der Waals surface area contributed by atoms with Gasteiger partial charge in [0.25, 0.3) is 0 Å². The van der Waals surface area contributed by atoms with Crippen LogP contribution in [0.5, 0.6) is 5.75 Å². The second-order valence-corrected chi connectivity index (χ2v) is 5.67. The third-order valence-corrected chi connectivity index (χ3v) is 3.58. The van der Waals surface area contributed by atoms with Gasteiger partial charge in [-0.1, -0.05) is 37.3 Å². The van der Waals surface area contributed by atoms with E-state index >= 15 is 0 Å². The molecule has 1 aromatic carbocycles. The Kier molecular flexibility index (Phi) is 5.52. The second kappa shape index (κ2) is 7.59. The van der Waals surface area contributed by atoms with Gasteiger partial charge in [0.1, 0.15) is 17.1 Å². The van der Waals surface area contributed by atoms with Gasteiger partial charge >= 0.3 is 5.63 Å². The lowest BCUT2D eigenvalue weighted by Crippen LogP contribution is -2.28. The molecule has 0 spiro atoms. The molecule has 0 aliphatic heterocycles. The van der Waals surface area contributed by atoms with Crippen molar-refractivity contribution in [1.82, 2.24) is 5.43 Å². The summed E-state index contributed by atoms with van der Waals surface area (Å²) in [5, 5.41) is 13.8. The summed E-state index contributed by atoms with van der Waals surface area (Å²) in [4.78, 5) is 23.9. The third-order valence-electron chi connectivity index (χ3n) is 3.58. The van der Waals surface area contributed by atoms with Crippen LogP contribution in [0.1, 0.15) is 30.7 Å². The molecule has 1 aromatic heterocycles. The molecule has 2 rings (SSSR count). The molecule has 2 N–H and O–H groups in total. The Morgan fingerprint density at radius 1 is 1.33 bits per heavy atom. The smallest absolute Gasteiger partial charge is 0.348 e. The largest absolute Gasteiger partial charge is 0.507 e. The molecule has 1 unspecified atom stereocenters. The molecule has 0 saturated heterocycles. The minimum atomic E-state index is -0.694. The molecular formula is C18H20N2O4. The van der Waals surface area contributed by atoms with Gasteiger partial charge in [0.15, 0.2) is 0 Å². The van der Waals surface area contributed by atoms with E-state index in [1.165, 1.54) is 13.0 Å². The summed E-state index contributed by atoms with van der Waals surface area (Å²) in [6.07, 6.45) is 0.583. The first-order chi connectivity index (χ1) is 11.4. The Morgan fingerprint density at radius 2 is 2.00 bits per heavy atom. The monoisotopic (exact) mass is 328 g/mol. The lowest BCUT2D eigenvalue weighted by atomic mass is 10.0. The molecule has 1 amide bonds. The summed E-state index contributed by atoms with van der Waals surface area (Å²) in [7, 11) is 0. The SMILES string of the molecule is CC(=NNC(=O)C(C)Cc1ccccc1)c1c(O)cc(C)oc1=O. The van der Waals surface area contributed by atoms with Crippen LogP contribution in [0, 0.1) is 12.8 Å². The standard InChI is InChI=1S/C18H20N2O4/c1-11(9-14-7-5-4-6-8-14)17(22)20-19-13(3)16-15(21)10-12(2)24-18(16)23/h4-8,10-11,21H,9H2,1-3H3,(H,20,22). The summed E-state index contributed by atoms with van der Waals surface area (Å²) < 4.78 is 4.93. The number of benzene rings is 1. The van der Waals surface area contributed by atoms with E-state index in [4.69, 9.17) is 4.42 Å². The van der Waals surface area contributed by atoms with Crippen LogP contribution < -0.4 is 11.1 Å². The maximum Gasteiger partial charge on any atom is 0.348 e. The van der Waals surface area contributed by atoms with Crippen LogP contribution in [-0.4, -0.2) is 16.7 Å². The molecule has 6 nitrogen and oxygen atoms in total. The van der Waals surface area contributed by atoms with Crippen molar-refractivity contribution in [1.29, 1.82) is 0 Å². The Balaban J connectivity index is 2.07. The van der Waals surface area contributed by atoms with Crippen LogP contribution in [0.15, 0.2) is 50.7 Å². The minimum absolute atomic E-state index is 0.0587. The zero-order chi connectivity index (χ0) is 17.7. The van der Waals surface area contributed by atoms with Gasteiger partial charge in [-0.15, -0.1) is 0 Å². The highest BCUT2D eigenvalue weighted by atomic mass is 16.4. The fraction of sp³-hybridized carbons (Fsp3) is 0.278. The number of carbonyl (C=O) groups is 1. The van der Waals surface area contributed by atoms with Crippen LogP contribution >= 0.6 is 0 Å². The molecule has 24 heavy (non-hydrogen) atoms. The molecule has 0 saturated carbocycles. The summed E-state index contributed by atoms with van der Waals surface area (Å²) in [5.74, 6) is -0.479. The highest BCUT2D eigenvalue weighted by molar-refractivity contribution is 6.01. The molecular weight excluding hydrogens is 308 g/mol. The van der Waals surface area contributed by atoms with E-state index in [1.807, 2.05) is 30.3 Å². The van der Waals surface area contributed by atoms with Crippen LogP contribution in [0.2, 0.25) is 0 Å². The number of hydrogen-bond donors (Lipinski definition) is 2. The summed E-state index contributed by atoms with van der Waals surface area (Å²) in [5.41, 5.74) is 2.91. The molecule has 0 radical (unpaired) electrons. The third kappa shape index (κ3) is 4.32. The van der Waals surface area contributed by atoms with Crippen molar-refractivity contribution in [2.45, 2.75) is 27.2 Å². The number of aromatic hydroxyl groups is 1. The number of nitrogens with zero attached hydrogens (tertiary/aromatic N) is 1. The highest BCUT2D eigenvalue weighted by Gasteiger charge is 2.16. The van der Waals surface area contributed by atoms with Gasteiger partial charge in [0.05, 0.1) is 5.71 Å². The molecule has 1 heterocycles. The second-order valence-electron chi connectivity index (χ2n) is 5.67. The van der Waals surface area contributed by atoms with E-state index in [-0.39, 0.29) is 28.8 Å². The average Bonchev–Trinajstić information content (AvgIpc) is 2.52. The molecule has 0 aliphatic rings. The summed E-state index contributed by atoms with van der Waals surface area (Å²) in [6.45, 7) is 4.87. The predicted molar refractivity (Wildman–Crippen MR) is 91.0 cm³/mol. The van der Waals surface area contributed by atoms with Crippen molar-refractivity contribution >= 4 is 11.6 Å². The molecule has 0 fully saturated rings. The van der Waals surface area contributed by atoms with Crippen LogP contribution in [0.25, 0.3) is 0 Å². The van der Waals surface area contributed by atoms with Crippen molar-refractivity contribution in [3.63, 3.8) is 0 Å². The molecule has 2 aromatic rings. The maximum absolute atomic E-state index is 12.1. The predicted octanol–water partition coefficient (Wildman–Crippen LogP) is 2.37. The summed E-state index contributed by atoms with van der Waals surface area (Å²) >= 11 is 0. The normalized spacial score (nSPS) is 12.7. The van der Waals surface area contributed by atoms with E-state index < -0.39 is 5.63 Å². The van der Waals surface area contributed by atoms with Gasteiger partial charge in [0.2, 0.25) is 5.91 Å². The zero-order valence-corrected chi connectivity index (χ0v) is 13.9. The van der Waals surface area contributed by atoms with Crippen molar-refractivity contribution in [3.05, 3.63) is 63.7 Å². The van der Waals surface area contributed by atoms with E-state index in [1.54, 1.807) is 13.8 Å². The number of carbonyl (C=O) groups excluding carboxylic acids is 1. The van der Waals surface area contributed by atoms with Crippen LogP contribution in [0.4, 0.5) is 0 Å². The molecule has 6 heteroatoms. The lowest BCUT2D eigenvalue weighted by molar-refractivity contribution is -0.124. The van der Waals surface area contributed by atoms with E-state index in [0.717, 1.165) is 5.56 Å². The summed E-state index contributed by atoms with van der Waals surface area (Å²) in [6, 6.07) is 11.0. The van der Waals surface area contributed by atoms with Gasteiger partial charge < -0.3 is 9.52 Å². The Bertz CT molecular complexity index is 810. The Hall–Kier alpha value is -2.89. The van der Waals surface area contributed by atoms with Crippen LogP contribution in [0.3, 0.4) is 0 Å². The maximum atomic E-state index is 12.1. The van der Waals surface area contributed by atoms with Gasteiger partial charge in [-0.2, -0.15) is 5.10 Å². The number of amides is 1. The number of rotatable bonds is 5. The number of hydrazone groups is 1. The Morgan fingerprint density at radius 3 is 2.62 bits per heavy atom. The van der Waals surface area contributed by atoms with Crippen molar-refractivity contribution in [2.24, 2.45) is 11.0 Å². The van der Waals surface area contributed by atoms with E-state index in [2.05, 4.69) is 10.5 Å². The van der Waals surface area contributed by atoms with Crippen molar-refractivity contribution in [3.8, 4) is 5.75 Å². The average molecular weight is 328 g/mol. The van der Waals surface area contributed by atoms with Gasteiger partial charge in [-0.05, 0) is 25.8 Å². The number of hydrogen-bond acceptors (Lipinski definition) is 5.